The van der Waals surface area contributed by atoms with Crippen LogP contribution in [0, 0.1) is 24.0 Å². The predicted molar refractivity (Wildman–Crippen MR) is 69.5 cm³/mol. The van der Waals surface area contributed by atoms with Crippen LogP contribution in [0.4, 0.5) is 8.78 Å². The van der Waals surface area contributed by atoms with Gasteiger partial charge in [0, 0.05) is 12.0 Å². The maximum Gasteiger partial charge on any atom is 0.252 e. The van der Waals surface area contributed by atoms with E-state index in [-0.39, 0.29) is 12.0 Å². The minimum atomic E-state index is -1.14. The van der Waals surface area contributed by atoms with Crippen LogP contribution in [0.5, 0.6) is 0 Å². The Morgan fingerprint density at radius 3 is 2.60 bits per heavy atom. The lowest BCUT2D eigenvalue weighted by atomic mass is 10.1. The molecule has 1 aromatic carbocycles. The molecule has 1 aromatic rings. The topological polar surface area (TPSA) is 72.2 Å². The van der Waals surface area contributed by atoms with E-state index in [0.717, 1.165) is 18.2 Å². The molecule has 0 radical (unpaired) electrons. The van der Waals surface area contributed by atoms with Crippen molar-refractivity contribution >= 4 is 11.8 Å². The highest BCUT2D eigenvalue weighted by Gasteiger charge is 2.19. The van der Waals surface area contributed by atoms with Gasteiger partial charge in [-0.3, -0.25) is 9.59 Å². The summed E-state index contributed by atoms with van der Waals surface area (Å²) in [6, 6.07) is 1.81. The highest BCUT2D eigenvalue weighted by Crippen LogP contribution is 2.09. The lowest BCUT2D eigenvalue weighted by Gasteiger charge is -2.15. The second-order valence-corrected chi connectivity index (χ2v) is 4.15. The summed E-state index contributed by atoms with van der Waals surface area (Å²) in [4.78, 5) is 23.0. The van der Waals surface area contributed by atoms with Gasteiger partial charge in [-0.15, -0.1) is 12.3 Å². The number of amides is 2. The van der Waals surface area contributed by atoms with Crippen molar-refractivity contribution in [2.75, 3.05) is 0 Å². The van der Waals surface area contributed by atoms with Crippen molar-refractivity contribution in [2.24, 2.45) is 5.73 Å². The molecule has 0 unspecified atom stereocenters. The Hall–Kier alpha value is -2.42. The van der Waals surface area contributed by atoms with Gasteiger partial charge < -0.3 is 11.1 Å². The van der Waals surface area contributed by atoms with Crippen molar-refractivity contribution in [1.82, 2.24) is 5.32 Å². The number of nitrogens with two attached hydrogens (primary N) is 1. The monoisotopic (exact) mass is 280 g/mol. The van der Waals surface area contributed by atoms with Crippen LogP contribution in [0.15, 0.2) is 18.2 Å². The summed E-state index contributed by atoms with van der Waals surface area (Å²) in [5, 5.41) is 2.37. The van der Waals surface area contributed by atoms with Crippen LogP contribution >= 0.6 is 0 Å². The molecule has 0 fully saturated rings. The Bertz CT molecular complexity index is 553. The molecule has 0 saturated carbocycles. The summed E-state index contributed by atoms with van der Waals surface area (Å²) >= 11 is 0. The largest absolute Gasteiger partial charge is 0.368 e. The third kappa shape index (κ3) is 4.35. The number of hydrogen-bond acceptors (Lipinski definition) is 2. The van der Waals surface area contributed by atoms with Gasteiger partial charge in [-0.05, 0) is 31.0 Å². The first-order valence-electron chi connectivity index (χ1n) is 5.94. The number of hydrogen-bond donors (Lipinski definition) is 2. The van der Waals surface area contributed by atoms with E-state index in [1.807, 2.05) is 0 Å². The zero-order valence-corrected chi connectivity index (χ0v) is 10.7. The fraction of sp³-hybridized carbons (Fsp3) is 0.286. The lowest BCUT2D eigenvalue weighted by Crippen LogP contribution is -2.44. The van der Waals surface area contributed by atoms with Gasteiger partial charge >= 0.3 is 0 Å². The molecule has 1 rings (SSSR count). The SMILES string of the molecule is C#CCCC[C@@H](NC(=O)c1ccc(F)c(F)c1)C(N)=O. The highest BCUT2D eigenvalue weighted by atomic mass is 19.2. The molecular formula is C14H14F2N2O2. The Morgan fingerprint density at radius 2 is 2.05 bits per heavy atom. The van der Waals surface area contributed by atoms with Crippen LogP contribution in [0.3, 0.4) is 0 Å². The fourth-order valence-electron chi connectivity index (χ4n) is 1.57. The van der Waals surface area contributed by atoms with E-state index in [4.69, 9.17) is 12.2 Å². The quantitative estimate of drug-likeness (QED) is 0.610. The molecular weight excluding hydrogens is 266 g/mol. The first-order valence-corrected chi connectivity index (χ1v) is 5.94. The lowest BCUT2D eigenvalue weighted by molar-refractivity contribution is -0.120. The predicted octanol–water partition coefficient (Wildman–Crippen LogP) is 1.35. The van der Waals surface area contributed by atoms with E-state index in [1.54, 1.807) is 0 Å². The van der Waals surface area contributed by atoms with E-state index >= 15 is 0 Å². The molecule has 4 nitrogen and oxygen atoms in total. The molecule has 0 aliphatic rings. The Morgan fingerprint density at radius 1 is 1.35 bits per heavy atom. The molecule has 2 amide bonds. The number of benzene rings is 1. The van der Waals surface area contributed by atoms with Gasteiger partial charge in [0.05, 0.1) is 0 Å². The zero-order valence-electron chi connectivity index (χ0n) is 10.7. The third-order valence-corrected chi connectivity index (χ3v) is 2.64. The van der Waals surface area contributed by atoms with Crippen molar-refractivity contribution in [3.63, 3.8) is 0 Å². The van der Waals surface area contributed by atoms with Crippen LogP contribution in [0.2, 0.25) is 0 Å². The van der Waals surface area contributed by atoms with E-state index in [0.29, 0.717) is 12.8 Å². The number of terminal acetylenes is 1. The number of unbranched alkanes of at least 4 members (excludes halogenated alkanes) is 1. The second-order valence-electron chi connectivity index (χ2n) is 4.15. The molecule has 3 N–H and O–H groups in total. The van der Waals surface area contributed by atoms with Crippen LogP contribution in [-0.2, 0) is 4.79 Å². The summed E-state index contributed by atoms with van der Waals surface area (Å²) in [5.41, 5.74) is 5.07. The Kier molecular flexibility index (Phi) is 5.66. The fourth-order valence-corrected chi connectivity index (χ4v) is 1.57. The van der Waals surface area contributed by atoms with Gasteiger partial charge in [0.25, 0.3) is 5.91 Å². The number of carbonyl (C=O) groups is 2. The molecule has 0 saturated heterocycles. The molecule has 0 aliphatic carbocycles. The van der Waals surface area contributed by atoms with Crippen molar-refractivity contribution in [3.05, 3.63) is 35.4 Å². The Labute approximate surface area is 115 Å². The standard InChI is InChI=1S/C14H14F2N2O2/c1-2-3-4-5-12(13(17)19)18-14(20)9-6-7-10(15)11(16)8-9/h1,6-8,12H,3-5H2,(H2,17,19)(H,18,20)/t12-/m1/s1. The smallest absolute Gasteiger partial charge is 0.252 e. The molecule has 0 aromatic heterocycles. The molecule has 0 spiro atoms. The highest BCUT2D eigenvalue weighted by molar-refractivity contribution is 5.97. The van der Waals surface area contributed by atoms with Crippen LogP contribution in [0.25, 0.3) is 0 Å². The number of primary amides is 1. The Balaban J connectivity index is 2.72. The molecule has 0 bridgehead atoms. The normalized spacial score (nSPS) is 11.4. The van der Waals surface area contributed by atoms with E-state index in [2.05, 4.69) is 11.2 Å². The maximum atomic E-state index is 13.0. The average molecular weight is 280 g/mol. The van der Waals surface area contributed by atoms with Gasteiger partial charge in [0.2, 0.25) is 5.91 Å². The first-order chi connectivity index (χ1) is 9.45. The van der Waals surface area contributed by atoms with Gasteiger partial charge in [-0.2, -0.15) is 0 Å². The van der Waals surface area contributed by atoms with E-state index in [9.17, 15) is 18.4 Å². The van der Waals surface area contributed by atoms with E-state index < -0.39 is 29.5 Å². The first kappa shape index (κ1) is 15.6. The summed E-state index contributed by atoms with van der Waals surface area (Å²) in [7, 11) is 0. The molecule has 106 valence electrons. The summed E-state index contributed by atoms with van der Waals surface area (Å²) in [6.07, 6.45) is 6.34. The second kappa shape index (κ2) is 7.24. The van der Waals surface area contributed by atoms with Crippen molar-refractivity contribution in [1.29, 1.82) is 0 Å². The van der Waals surface area contributed by atoms with Crippen LogP contribution in [-0.4, -0.2) is 17.9 Å². The number of carbonyl (C=O) groups excluding carboxylic acids is 2. The van der Waals surface area contributed by atoms with Gasteiger partial charge in [-0.25, -0.2) is 8.78 Å². The zero-order chi connectivity index (χ0) is 15.1. The van der Waals surface area contributed by atoms with Gasteiger partial charge in [0.15, 0.2) is 11.6 Å². The molecule has 0 aliphatic heterocycles. The third-order valence-electron chi connectivity index (χ3n) is 2.64. The van der Waals surface area contributed by atoms with Crippen molar-refractivity contribution < 1.29 is 18.4 Å². The minimum Gasteiger partial charge on any atom is -0.368 e. The summed E-state index contributed by atoms with van der Waals surface area (Å²) in [6.45, 7) is 0. The summed E-state index contributed by atoms with van der Waals surface area (Å²) in [5.74, 6) is -1.20. The van der Waals surface area contributed by atoms with Gasteiger partial charge in [-0.1, -0.05) is 0 Å². The van der Waals surface area contributed by atoms with Gasteiger partial charge in [0.1, 0.15) is 6.04 Å². The molecule has 1 atom stereocenters. The minimum absolute atomic E-state index is 0.0906. The maximum absolute atomic E-state index is 13.0. The van der Waals surface area contributed by atoms with Crippen LogP contribution in [0.1, 0.15) is 29.6 Å². The van der Waals surface area contributed by atoms with Crippen LogP contribution < -0.4 is 11.1 Å². The number of nitrogens with one attached hydrogen (secondary N) is 1. The van der Waals surface area contributed by atoms with Crippen molar-refractivity contribution in [3.8, 4) is 12.3 Å². The number of halogens is 2. The molecule has 0 heterocycles. The summed E-state index contributed by atoms with van der Waals surface area (Å²) < 4.78 is 25.8. The molecule has 20 heavy (non-hydrogen) atoms. The van der Waals surface area contributed by atoms with E-state index in [1.165, 1.54) is 0 Å². The average Bonchev–Trinajstić information content (AvgIpc) is 2.40. The molecule has 6 heteroatoms. The van der Waals surface area contributed by atoms with Crippen molar-refractivity contribution in [2.45, 2.75) is 25.3 Å². The number of rotatable bonds is 6.